The van der Waals surface area contributed by atoms with Crippen LogP contribution in [-0.4, -0.2) is 74.8 Å². The van der Waals surface area contributed by atoms with Crippen molar-refractivity contribution >= 4 is 48.6 Å². The van der Waals surface area contributed by atoms with E-state index in [1.165, 1.54) is 28.8 Å². The van der Waals surface area contributed by atoms with Gasteiger partial charge in [-0.1, -0.05) is 17.4 Å². The SMILES string of the molecule is COC(=O)c1cccc(C(=O)Nc2nc3ccc(S(=O)(=O)N4CCN(C)CC4)cc3s2)c1. The Morgan fingerprint density at radius 3 is 2.50 bits per heavy atom. The molecule has 1 aliphatic rings. The second-order valence-electron chi connectivity index (χ2n) is 7.38. The van der Waals surface area contributed by atoms with Crippen LogP contribution in [0.3, 0.4) is 0 Å². The summed E-state index contributed by atoms with van der Waals surface area (Å²) < 4.78 is 32.8. The zero-order valence-corrected chi connectivity index (χ0v) is 19.2. The Balaban J connectivity index is 1.54. The predicted octanol–water partition coefficient (Wildman–Crippen LogP) is 2.27. The normalized spacial score (nSPS) is 15.6. The van der Waals surface area contributed by atoms with E-state index in [9.17, 15) is 18.0 Å². The average molecular weight is 475 g/mol. The summed E-state index contributed by atoms with van der Waals surface area (Å²) in [6, 6.07) is 10.9. The van der Waals surface area contributed by atoms with Crippen LogP contribution in [0.2, 0.25) is 0 Å². The maximum absolute atomic E-state index is 13.0. The molecule has 0 aliphatic carbocycles. The average Bonchev–Trinajstić information content (AvgIpc) is 3.20. The van der Waals surface area contributed by atoms with Crippen LogP contribution in [0.5, 0.6) is 0 Å². The van der Waals surface area contributed by atoms with E-state index in [1.54, 1.807) is 36.4 Å². The summed E-state index contributed by atoms with van der Waals surface area (Å²) in [7, 11) is -0.355. The van der Waals surface area contributed by atoms with Gasteiger partial charge in [0.2, 0.25) is 10.0 Å². The highest BCUT2D eigenvalue weighted by molar-refractivity contribution is 7.89. The lowest BCUT2D eigenvalue weighted by Gasteiger charge is -2.31. The first-order chi connectivity index (χ1) is 15.3. The second kappa shape index (κ2) is 8.94. The summed E-state index contributed by atoms with van der Waals surface area (Å²) >= 11 is 1.19. The molecule has 0 unspecified atom stereocenters. The van der Waals surface area contributed by atoms with Crippen LogP contribution in [0, 0.1) is 0 Å². The van der Waals surface area contributed by atoms with Gasteiger partial charge in [-0.05, 0) is 43.4 Å². The first-order valence-corrected chi connectivity index (χ1v) is 12.1. The van der Waals surface area contributed by atoms with Gasteiger partial charge < -0.3 is 9.64 Å². The number of thiazole rings is 1. The number of methoxy groups -OCH3 is 1. The predicted molar refractivity (Wildman–Crippen MR) is 122 cm³/mol. The van der Waals surface area contributed by atoms with Crippen molar-refractivity contribution in [2.75, 3.05) is 45.7 Å². The molecule has 1 aliphatic heterocycles. The van der Waals surface area contributed by atoms with Crippen molar-refractivity contribution in [2.24, 2.45) is 0 Å². The molecule has 32 heavy (non-hydrogen) atoms. The zero-order chi connectivity index (χ0) is 22.9. The molecule has 1 N–H and O–H groups in total. The minimum absolute atomic E-state index is 0.210. The summed E-state index contributed by atoms with van der Waals surface area (Å²) in [6.45, 7) is 2.28. The van der Waals surface area contributed by atoms with Crippen LogP contribution in [-0.2, 0) is 14.8 Å². The Bertz CT molecular complexity index is 1280. The molecule has 2 aromatic carbocycles. The summed E-state index contributed by atoms with van der Waals surface area (Å²) in [5.41, 5.74) is 1.14. The van der Waals surface area contributed by atoms with E-state index >= 15 is 0 Å². The molecule has 3 aromatic rings. The zero-order valence-electron chi connectivity index (χ0n) is 17.6. The fourth-order valence-electron chi connectivity index (χ4n) is 3.37. The van der Waals surface area contributed by atoms with E-state index < -0.39 is 21.9 Å². The van der Waals surface area contributed by atoms with Gasteiger partial charge in [-0.25, -0.2) is 18.2 Å². The summed E-state index contributed by atoms with van der Waals surface area (Å²) in [4.78, 5) is 31.0. The Labute approximate surface area is 189 Å². The highest BCUT2D eigenvalue weighted by Gasteiger charge is 2.28. The third-order valence-electron chi connectivity index (χ3n) is 5.23. The number of nitrogens with zero attached hydrogens (tertiary/aromatic N) is 3. The van der Waals surface area contributed by atoms with Gasteiger partial charge in [0.25, 0.3) is 5.91 Å². The Morgan fingerprint density at radius 1 is 1.06 bits per heavy atom. The van der Waals surface area contributed by atoms with Crippen molar-refractivity contribution < 1.29 is 22.7 Å². The van der Waals surface area contributed by atoms with Crippen molar-refractivity contribution in [3.05, 3.63) is 53.6 Å². The van der Waals surface area contributed by atoms with E-state index in [1.807, 2.05) is 7.05 Å². The van der Waals surface area contributed by atoms with Gasteiger partial charge in [0.15, 0.2) is 5.13 Å². The van der Waals surface area contributed by atoms with E-state index in [0.29, 0.717) is 41.5 Å². The van der Waals surface area contributed by atoms with Gasteiger partial charge in [0.1, 0.15) is 0 Å². The molecule has 0 saturated carbocycles. The topological polar surface area (TPSA) is 109 Å². The van der Waals surface area contributed by atoms with Crippen LogP contribution in [0.15, 0.2) is 47.4 Å². The Kier molecular flexibility index (Phi) is 6.24. The van der Waals surface area contributed by atoms with Crippen molar-refractivity contribution in [3.63, 3.8) is 0 Å². The van der Waals surface area contributed by atoms with Crippen molar-refractivity contribution in [1.82, 2.24) is 14.2 Å². The molecule has 0 spiro atoms. The number of rotatable bonds is 5. The smallest absolute Gasteiger partial charge is 0.337 e. The number of likely N-dealkylation sites (N-methyl/N-ethyl adjacent to an activating group) is 1. The maximum Gasteiger partial charge on any atom is 0.337 e. The number of fused-ring (bicyclic) bond motifs is 1. The first kappa shape index (κ1) is 22.3. The third kappa shape index (κ3) is 4.51. The van der Waals surface area contributed by atoms with E-state index in [-0.39, 0.29) is 16.0 Å². The molecule has 1 aromatic heterocycles. The maximum atomic E-state index is 13.0. The first-order valence-electron chi connectivity index (χ1n) is 9.87. The molecular formula is C21H22N4O5S2. The highest BCUT2D eigenvalue weighted by Crippen LogP contribution is 2.30. The number of esters is 1. The van der Waals surface area contributed by atoms with Crippen LogP contribution < -0.4 is 5.32 Å². The summed E-state index contributed by atoms with van der Waals surface area (Å²) in [6.07, 6.45) is 0. The van der Waals surface area contributed by atoms with Crippen LogP contribution in [0.25, 0.3) is 10.2 Å². The number of benzene rings is 2. The minimum Gasteiger partial charge on any atom is -0.465 e. The number of amides is 1. The van der Waals surface area contributed by atoms with Crippen molar-refractivity contribution in [2.45, 2.75) is 4.90 Å². The minimum atomic E-state index is -3.59. The second-order valence-corrected chi connectivity index (χ2v) is 10.4. The monoisotopic (exact) mass is 474 g/mol. The highest BCUT2D eigenvalue weighted by atomic mass is 32.2. The fraction of sp³-hybridized carbons (Fsp3) is 0.286. The van der Waals surface area contributed by atoms with Crippen LogP contribution in [0.1, 0.15) is 20.7 Å². The van der Waals surface area contributed by atoms with Gasteiger partial charge in [-0.2, -0.15) is 4.31 Å². The molecule has 0 radical (unpaired) electrons. The lowest BCUT2D eigenvalue weighted by molar-refractivity contribution is 0.0600. The number of hydrogen-bond donors (Lipinski definition) is 1. The third-order valence-corrected chi connectivity index (χ3v) is 8.05. The molecule has 0 atom stereocenters. The molecule has 0 bridgehead atoms. The van der Waals surface area contributed by atoms with Gasteiger partial charge in [-0.3, -0.25) is 10.1 Å². The molecule has 2 heterocycles. The molecule has 11 heteroatoms. The van der Waals surface area contributed by atoms with E-state index in [2.05, 4.69) is 19.9 Å². The number of sulfonamides is 1. The summed E-state index contributed by atoms with van der Waals surface area (Å²) in [5.74, 6) is -0.964. The lowest BCUT2D eigenvalue weighted by atomic mass is 10.1. The number of nitrogens with one attached hydrogen (secondary N) is 1. The Morgan fingerprint density at radius 2 is 1.78 bits per heavy atom. The molecule has 9 nitrogen and oxygen atoms in total. The van der Waals surface area contributed by atoms with E-state index in [4.69, 9.17) is 0 Å². The molecular weight excluding hydrogens is 452 g/mol. The van der Waals surface area contributed by atoms with Gasteiger partial charge in [0, 0.05) is 31.7 Å². The summed E-state index contributed by atoms with van der Waals surface area (Å²) in [5, 5.41) is 3.04. The van der Waals surface area contributed by atoms with Crippen LogP contribution >= 0.6 is 11.3 Å². The molecule has 4 rings (SSSR count). The number of hydrogen-bond acceptors (Lipinski definition) is 8. The number of aromatic nitrogens is 1. The Hall–Kier alpha value is -2.86. The van der Waals surface area contributed by atoms with Gasteiger partial charge in [-0.15, -0.1) is 0 Å². The number of anilines is 1. The van der Waals surface area contributed by atoms with Crippen molar-refractivity contribution in [1.29, 1.82) is 0 Å². The van der Waals surface area contributed by atoms with Crippen LogP contribution in [0.4, 0.5) is 5.13 Å². The number of carbonyl (C=O) groups excluding carboxylic acids is 2. The number of piperazine rings is 1. The van der Waals surface area contributed by atoms with Gasteiger partial charge in [0.05, 0.1) is 27.8 Å². The number of carbonyl (C=O) groups is 2. The largest absolute Gasteiger partial charge is 0.465 e. The van der Waals surface area contributed by atoms with Gasteiger partial charge >= 0.3 is 5.97 Å². The quantitative estimate of drug-likeness (QED) is 0.565. The standard InChI is InChI=1S/C21H22N4O5S2/c1-24-8-10-25(11-9-24)32(28,29)16-6-7-17-18(13-16)31-21(22-17)23-19(26)14-4-3-5-15(12-14)20(27)30-2/h3-7,12-13H,8-11H2,1-2H3,(H,22,23,26). The fourth-order valence-corrected chi connectivity index (χ4v) is 5.79. The van der Waals surface area contributed by atoms with Crippen molar-refractivity contribution in [3.8, 4) is 0 Å². The number of ether oxygens (including phenoxy) is 1. The molecule has 1 amide bonds. The molecule has 1 saturated heterocycles. The molecule has 1 fully saturated rings. The lowest BCUT2D eigenvalue weighted by Crippen LogP contribution is -2.46. The molecule has 168 valence electrons. The van der Waals surface area contributed by atoms with E-state index in [0.717, 1.165) is 0 Å².